The summed E-state index contributed by atoms with van der Waals surface area (Å²) in [5.41, 5.74) is 1.12. The van der Waals surface area contributed by atoms with Crippen molar-refractivity contribution in [1.29, 1.82) is 0 Å². The van der Waals surface area contributed by atoms with Gasteiger partial charge in [-0.3, -0.25) is 9.10 Å². The molecule has 1 aliphatic rings. The minimum absolute atomic E-state index is 0.101. The van der Waals surface area contributed by atoms with E-state index in [0.29, 0.717) is 5.69 Å². The van der Waals surface area contributed by atoms with E-state index in [-0.39, 0.29) is 16.3 Å². The van der Waals surface area contributed by atoms with Gasteiger partial charge in [0.2, 0.25) is 5.91 Å². The molecule has 1 amide bonds. The highest BCUT2D eigenvalue weighted by molar-refractivity contribution is 7.93. The highest BCUT2D eigenvalue weighted by Crippen LogP contribution is 2.38. The molecule has 0 bridgehead atoms. The first-order valence-electron chi connectivity index (χ1n) is 7.15. The smallest absolute Gasteiger partial charge is 0.266 e. The summed E-state index contributed by atoms with van der Waals surface area (Å²) in [6.45, 7) is 0. The fourth-order valence-electron chi connectivity index (χ4n) is 2.80. The number of halogens is 2. The van der Waals surface area contributed by atoms with Crippen LogP contribution in [0.2, 0.25) is 5.02 Å². The van der Waals surface area contributed by atoms with Gasteiger partial charge in [-0.15, -0.1) is 0 Å². The van der Waals surface area contributed by atoms with Gasteiger partial charge < -0.3 is 5.32 Å². The van der Waals surface area contributed by atoms with Gasteiger partial charge in [0.25, 0.3) is 10.0 Å². The van der Waals surface area contributed by atoms with Crippen LogP contribution >= 0.6 is 11.6 Å². The van der Waals surface area contributed by atoms with E-state index in [1.807, 2.05) is 0 Å². The van der Waals surface area contributed by atoms with Crippen molar-refractivity contribution in [2.45, 2.75) is 17.4 Å². The normalized spacial score (nSPS) is 16.8. The standard InChI is InChI=1S/C16H14ClFN2O3S/c1-19-16(21)14-8-10-4-2-3-5-13(10)20(14)24(22,23)15-9-11(18)6-7-12(15)17/h2-7,9,14H,8H2,1H3,(H,19,21). The predicted octanol–water partition coefficient (Wildman–Crippen LogP) is 2.35. The number of hydrogen-bond donors (Lipinski definition) is 1. The number of carbonyl (C=O) groups excluding carboxylic acids is 1. The quantitative estimate of drug-likeness (QED) is 0.904. The van der Waals surface area contributed by atoms with Gasteiger partial charge in [0.15, 0.2) is 0 Å². The molecular weight excluding hydrogens is 355 g/mol. The van der Waals surface area contributed by atoms with Crippen LogP contribution in [-0.2, 0) is 21.2 Å². The third-order valence-corrected chi connectivity index (χ3v) is 6.21. The number of carbonyl (C=O) groups is 1. The summed E-state index contributed by atoms with van der Waals surface area (Å²) in [5.74, 6) is -1.16. The maximum absolute atomic E-state index is 13.6. The second-order valence-electron chi connectivity index (χ2n) is 5.34. The molecule has 24 heavy (non-hydrogen) atoms. The summed E-state index contributed by atoms with van der Waals surface area (Å²) in [6.07, 6.45) is 0.238. The first kappa shape index (κ1) is 16.7. The van der Waals surface area contributed by atoms with E-state index in [0.717, 1.165) is 22.0 Å². The Hall–Kier alpha value is -2.12. The summed E-state index contributed by atoms with van der Waals surface area (Å²) < 4.78 is 40.8. The summed E-state index contributed by atoms with van der Waals surface area (Å²) in [6, 6.07) is 9.00. The Morgan fingerprint density at radius 2 is 2.00 bits per heavy atom. The largest absolute Gasteiger partial charge is 0.357 e. The molecule has 1 heterocycles. The van der Waals surface area contributed by atoms with Crippen molar-refractivity contribution in [3.63, 3.8) is 0 Å². The lowest BCUT2D eigenvalue weighted by Crippen LogP contribution is -2.47. The monoisotopic (exact) mass is 368 g/mol. The third kappa shape index (κ3) is 2.63. The molecule has 5 nitrogen and oxygen atoms in total. The van der Waals surface area contributed by atoms with Crippen LogP contribution in [0.4, 0.5) is 10.1 Å². The molecule has 2 aromatic carbocycles. The molecule has 1 atom stereocenters. The number of fused-ring (bicyclic) bond motifs is 1. The van der Waals surface area contributed by atoms with Crippen molar-refractivity contribution in [2.24, 2.45) is 0 Å². The number of amides is 1. The molecule has 0 aromatic heterocycles. The number of benzene rings is 2. The highest BCUT2D eigenvalue weighted by Gasteiger charge is 2.42. The topological polar surface area (TPSA) is 66.5 Å². The maximum Gasteiger partial charge on any atom is 0.266 e. The zero-order valence-electron chi connectivity index (χ0n) is 12.7. The van der Waals surface area contributed by atoms with Gasteiger partial charge in [-0.25, -0.2) is 12.8 Å². The van der Waals surface area contributed by atoms with E-state index in [2.05, 4.69) is 5.32 Å². The molecule has 1 unspecified atom stereocenters. The second-order valence-corrected chi connectivity index (χ2v) is 7.53. The molecule has 1 aliphatic heterocycles. The molecular formula is C16H14ClFN2O3S. The van der Waals surface area contributed by atoms with E-state index in [1.165, 1.54) is 13.1 Å². The van der Waals surface area contributed by atoms with Gasteiger partial charge >= 0.3 is 0 Å². The van der Waals surface area contributed by atoms with Crippen LogP contribution in [0.3, 0.4) is 0 Å². The molecule has 0 aliphatic carbocycles. The number of nitrogens with one attached hydrogen (secondary N) is 1. The third-order valence-electron chi connectivity index (χ3n) is 3.90. The van der Waals surface area contributed by atoms with Gasteiger partial charge in [0, 0.05) is 13.5 Å². The van der Waals surface area contributed by atoms with E-state index in [9.17, 15) is 17.6 Å². The number of anilines is 1. The molecule has 2 aromatic rings. The first-order valence-corrected chi connectivity index (χ1v) is 8.97. The number of nitrogens with zero attached hydrogens (tertiary/aromatic N) is 1. The van der Waals surface area contributed by atoms with Crippen LogP contribution in [-0.4, -0.2) is 27.4 Å². The SMILES string of the molecule is CNC(=O)C1Cc2ccccc2N1S(=O)(=O)c1cc(F)ccc1Cl. The molecule has 126 valence electrons. The van der Waals surface area contributed by atoms with E-state index in [4.69, 9.17) is 11.6 Å². The van der Waals surface area contributed by atoms with E-state index < -0.39 is 27.8 Å². The summed E-state index contributed by atoms with van der Waals surface area (Å²) in [4.78, 5) is 11.8. The number of para-hydroxylation sites is 1. The molecule has 0 spiro atoms. The molecule has 0 saturated heterocycles. The zero-order chi connectivity index (χ0) is 17.5. The molecule has 0 saturated carbocycles. The van der Waals surface area contributed by atoms with Gasteiger partial charge in [0.05, 0.1) is 10.7 Å². The Kier molecular flexibility index (Phi) is 4.23. The minimum Gasteiger partial charge on any atom is -0.357 e. The molecule has 8 heteroatoms. The lowest BCUT2D eigenvalue weighted by atomic mass is 10.1. The van der Waals surface area contributed by atoms with Gasteiger partial charge in [-0.05, 0) is 29.8 Å². The maximum atomic E-state index is 13.6. The second kappa shape index (κ2) is 6.07. The van der Waals surface area contributed by atoms with Crippen molar-refractivity contribution in [1.82, 2.24) is 5.32 Å². The van der Waals surface area contributed by atoms with Crippen molar-refractivity contribution in [2.75, 3.05) is 11.4 Å². The van der Waals surface area contributed by atoms with Gasteiger partial charge in [-0.1, -0.05) is 29.8 Å². The van der Waals surface area contributed by atoms with Crippen molar-refractivity contribution < 1.29 is 17.6 Å². The van der Waals surface area contributed by atoms with Gasteiger partial charge in [-0.2, -0.15) is 0 Å². The summed E-state index contributed by atoms with van der Waals surface area (Å²) in [7, 11) is -2.77. The van der Waals surface area contributed by atoms with Crippen LogP contribution in [0.25, 0.3) is 0 Å². The van der Waals surface area contributed by atoms with E-state index in [1.54, 1.807) is 24.3 Å². The van der Waals surface area contributed by atoms with Crippen LogP contribution in [0, 0.1) is 5.82 Å². The van der Waals surface area contributed by atoms with Gasteiger partial charge in [0.1, 0.15) is 16.8 Å². The van der Waals surface area contributed by atoms with Crippen LogP contribution < -0.4 is 9.62 Å². The van der Waals surface area contributed by atoms with Crippen LogP contribution in [0.5, 0.6) is 0 Å². The van der Waals surface area contributed by atoms with Crippen LogP contribution in [0.1, 0.15) is 5.56 Å². The molecule has 1 N–H and O–H groups in total. The van der Waals surface area contributed by atoms with Crippen molar-refractivity contribution >= 4 is 33.2 Å². The number of rotatable bonds is 3. The lowest BCUT2D eigenvalue weighted by molar-refractivity contribution is -0.121. The Morgan fingerprint density at radius 1 is 1.29 bits per heavy atom. The number of hydrogen-bond acceptors (Lipinski definition) is 3. The Balaban J connectivity index is 2.19. The average molecular weight is 369 g/mol. The summed E-state index contributed by atoms with van der Waals surface area (Å²) >= 11 is 5.97. The molecule has 3 rings (SSSR count). The fraction of sp³-hybridized carbons (Fsp3) is 0.188. The average Bonchev–Trinajstić information content (AvgIpc) is 2.96. The molecule has 0 fully saturated rings. The zero-order valence-corrected chi connectivity index (χ0v) is 14.2. The Bertz CT molecular complexity index is 917. The molecule has 0 radical (unpaired) electrons. The minimum atomic E-state index is -4.21. The van der Waals surface area contributed by atoms with Crippen LogP contribution in [0.15, 0.2) is 47.4 Å². The Labute approximate surface area is 144 Å². The van der Waals surface area contributed by atoms with Crippen molar-refractivity contribution in [3.8, 4) is 0 Å². The first-order chi connectivity index (χ1) is 11.4. The van der Waals surface area contributed by atoms with E-state index >= 15 is 0 Å². The predicted molar refractivity (Wildman–Crippen MR) is 89.1 cm³/mol. The Morgan fingerprint density at radius 3 is 2.71 bits per heavy atom. The van der Waals surface area contributed by atoms with Crippen molar-refractivity contribution in [3.05, 3.63) is 58.9 Å². The number of likely N-dealkylation sites (N-methyl/N-ethyl adjacent to an activating group) is 1. The lowest BCUT2D eigenvalue weighted by Gasteiger charge is -2.26. The highest BCUT2D eigenvalue weighted by atomic mass is 35.5. The fourth-order valence-corrected chi connectivity index (χ4v) is 4.94. The number of sulfonamides is 1. The summed E-state index contributed by atoms with van der Waals surface area (Å²) in [5, 5.41) is 2.37.